The number of fused-ring (bicyclic) bond motifs is 8. The second-order valence-corrected chi connectivity index (χ2v) is 26.0. The van der Waals surface area contributed by atoms with Gasteiger partial charge in [-0.2, -0.15) is 0 Å². The van der Waals surface area contributed by atoms with Crippen LogP contribution in [0.3, 0.4) is 0 Å². The minimum Gasteiger partial charge on any atom is -0.507 e. The zero-order valence-electron chi connectivity index (χ0n) is 52.5. The molecule has 0 spiro atoms. The van der Waals surface area contributed by atoms with E-state index in [2.05, 4.69) is 76.7 Å². The van der Waals surface area contributed by atoms with Crippen LogP contribution in [0.15, 0.2) is 146 Å². The van der Waals surface area contributed by atoms with Gasteiger partial charge in [-0.1, -0.05) is 177 Å². The number of aromatic hydroxyl groups is 8. The molecule has 0 saturated heterocycles. The fourth-order valence-corrected chi connectivity index (χ4v) is 13.1. The van der Waals surface area contributed by atoms with E-state index in [4.69, 9.17) is 0 Å². The summed E-state index contributed by atoms with van der Waals surface area (Å²) < 4.78 is 0. The SMILES string of the molecule is CC(C)CC1c2cc(c(O)c(CNCc3ccccc3)c2O)C(CC(C)C)c2cc(c(O)c(CNCc3ccccc3)c2O)C(CC(C)C)c2cc(c(O)c(CNCc3ccccc3)c2O)C(CC(C)C)c2cc1c(O)c(CNCc1ccccc1)c2O. The molecule has 0 unspecified atom stereocenters. The van der Waals surface area contributed by atoms with Crippen LogP contribution >= 0.6 is 0 Å². The second kappa shape index (κ2) is 29.3. The van der Waals surface area contributed by atoms with Crippen LogP contribution in [-0.2, 0) is 52.4 Å². The number of phenolic OH excluding ortho intramolecular Hbond substituents is 8. The summed E-state index contributed by atoms with van der Waals surface area (Å²) in [6, 6.07) is 47.0. The summed E-state index contributed by atoms with van der Waals surface area (Å²) in [5, 5.41) is 119. The average molecular weight is 1190 g/mol. The van der Waals surface area contributed by atoms with E-state index in [9.17, 15) is 40.9 Å². The molecule has 464 valence electrons. The third-order valence-electron chi connectivity index (χ3n) is 17.4. The Balaban J connectivity index is 1.41. The molecule has 8 bridgehead atoms. The van der Waals surface area contributed by atoms with Gasteiger partial charge in [0.25, 0.3) is 0 Å². The molecular weight excluding hydrogens is 1100 g/mol. The highest BCUT2D eigenvalue weighted by atomic mass is 16.3. The van der Waals surface area contributed by atoms with Gasteiger partial charge in [0, 0.05) is 121 Å². The van der Waals surface area contributed by atoms with Gasteiger partial charge < -0.3 is 62.1 Å². The Morgan fingerprint density at radius 2 is 0.409 bits per heavy atom. The molecule has 0 heterocycles. The van der Waals surface area contributed by atoms with Crippen LogP contribution in [0.25, 0.3) is 0 Å². The first-order chi connectivity index (χ1) is 42.3. The highest BCUT2D eigenvalue weighted by molar-refractivity contribution is 5.68. The first kappa shape index (κ1) is 64.5. The number of phenols is 8. The smallest absolute Gasteiger partial charge is 0.127 e. The molecule has 12 heteroatoms. The Morgan fingerprint density at radius 1 is 0.250 bits per heavy atom. The molecule has 9 rings (SSSR count). The van der Waals surface area contributed by atoms with Crippen molar-refractivity contribution in [1.82, 2.24) is 21.3 Å². The number of hydrogen-bond donors (Lipinski definition) is 12. The molecule has 1 aliphatic rings. The lowest BCUT2D eigenvalue weighted by molar-refractivity contribution is 0.397. The number of benzene rings is 8. The summed E-state index contributed by atoms with van der Waals surface area (Å²) >= 11 is 0. The second-order valence-electron chi connectivity index (χ2n) is 26.0. The Kier molecular flexibility index (Phi) is 21.5. The number of nitrogens with one attached hydrogen (secondary N) is 4. The summed E-state index contributed by atoms with van der Waals surface area (Å²) in [5.41, 5.74) is 8.52. The summed E-state index contributed by atoms with van der Waals surface area (Å²) in [5.74, 6) is -4.35. The highest BCUT2D eigenvalue weighted by Crippen LogP contribution is 2.56. The third-order valence-corrected chi connectivity index (χ3v) is 17.4. The Morgan fingerprint density at radius 3 is 0.557 bits per heavy atom. The van der Waals surface area contributed by atoms with E-state index in [1.54, 1.807) is 0 Å². The van der Waals surface area contributed by atoms with Gasteiger partial charge in [-0.25, -0.2) is 0 Å². The largest absolute Gasteiger partial charge is 0.507 e. The van der Waals surface area contributed by atoms with Crippen molar-refractivity contribution in [1.29, 1.82) is 0 Å². The predicted molar refractivity (Wildman–Crippen MR) is 352 cm³/mol. The van der Waals surface area contributed by atoms with Crippen molar-refractivity contribution in [2.75, 3.05) is 0 Å². The normalized spacial score (nSPS) is 15.9. The van der Waals surface area contributed by atoms with Crippen LogP contribution in [0.1, 0.15) is 194 Å². The maximum Gasteiger partial charge on any atom is 0.127 e. The van der Waals surface area contributed by atoms with Crippen LogP contribution in [0.5, 0.6) is 46.0 Å². The number of rotatable bonds is 24. The molecule has 8 aromatic rings. The van der Waals surface area contributed by atoms with Gasteiger partial charge in [-0.3, -0.25) is 0 Å². The van der Waals surface area contributed by atoms with E-state index < -0.39 is 23.7 Å². The van der Waals surface area contributed by atoms with Crippen molar-refractivity contribution in [3.05, 3.63) is 235 Å². The average Bonchev–Trinajstić information content (AvgIpc) is 0.801. The molecule has 0 fully saturated rings. The van der Waals surface area contributed by atoms with E-state index in [0.717, 1.165) is 22.3 Å². The topological polar surface area (TPSA) is 210 Å². The lowest BCUT2D eigenvalue weighted by Gasteiger charge is -2.33. The van der Waals surface area contributed by atoms with E-state index in [1.807, 2.05) is 146 Å². The van der Waals surface area contributed by atoms with Crippen LogP contribution < -0.4 is 21.3 Å². The fourth-order valence-electron chi connectivity index (χ4n) is 13.1. The minimum atomic E-state index is -0.759. The van der Waals surface area contributed by atoms with Gasteiger partial charge in [-0.15, -0.1) is 0 Å². The Bertz CT molecular complexity index is 3020. The van der Waals surface area contributed by atoms with Gasteiger partial charge in [0.1, 0.15) is 46.0 Å². The van der Waals surface area contributed by atoms with Gasteiger partial charge in [0.15, 0.2) is 0 Å². The molecule has 0 saturated carbocycles. The molecule has 0 radical (unpaired) electrons. The first-order valence-electron chi connectivity index (χ1n) is 31.6. The van der Waals surface area contributed by atoms with Gasteiger partial charge in [0.05, 0.1) is 22.3 Å². The Hall–Kier alpha value is -8.00. The van der Waals surface area contributed by atoms with Gasteiger partial charge in [0.2, 0.25) is 0 Å². The van der Waals surface area contributed by atoms with Gasteiger partial charge >= 0.3 is 0 Å². The third kappa shape index (κ3) is 14.9. The van der Waals surface area contributed by atoms with E-state index in [-0.39, 0.29) is 118 Å². The molecule has 0 aromatic heterocycles. The molecule has 0 aliphatic heterocycles. The molecule has 12 nitrogen and oxygen atoms in total. The van der Waals surface area contributed by atoms with Crippen molar-refractivity contribution in [2.45, 2.75) is 157 Å². The molecule has 12 N–H and O–H groups in total. The highest BCUT2D eigenvalue weighted by Gasteiger charge is 2.38. The zero-order valence-corrected chi connectivity index (χ0v) is 52.5. The minimum absolute atomic E-state index is 0.0247. The molecule has 8 aromatic carbocycles. The van der Waals surface area contributed by atoms with E-state index in [0.29, 0.717) is 96.4 Å². The molecular formula is C76H92N4O8. The standard InChI is InChI=1S/C76H92N4O8/c1-45(2)29-53-57-33-59(71(83)65(69(57)81)41-77-37-49-21-13-9-14-22-49)54(30-46(3)4)61-35-63(75(87)67(73(61)85)43-79-39-51-25-17-11-18-26-51)56(32-48(7)8)64-36-62(74(86)68(76(64)88)44-80-40-52-27-19-12-20-28-52)55(31-47(5)6)60-34-58(53)70(82)66(72(60)84)42-78-38-50-23-15-10-16-24-50/h9-28,33-36,45-48,53-56,77-88H,29-32,37-44H2,1-8H3. The van der Waals surface area contributed by atoms with Crippen molar-refractivity contribution < 1.29 is 40.9 Å². The van der Waals surface area contributed by atoms with Crippen molar-refractivity contribution in [3.63, 3.8) is 0 Å². The predicted octanol–water partition coefficient (Wildman–Crippen LogP) is 15.5. The molecule has 88 heavy (non-hydrogen) atoms. The summed E-state index contributed by atoms with van der Waals surface area (Å²) in [6.45, 7) is 18.6. The lowest BCUT2D eigenvalue weighted by Crippen LogP contribution is -2.19. The monoisotopic (exact) mass is 1190 g/mol. The first-order valence-corrected chi connectivity index (χ1v) is 31.6. The van der Waals surface area contributed by atoms with Crippen molar-refractivity contribution >= 4 is 0 Å². The quantitative estimate of drug-likeness (QED) is 0.0273. The molecule has 1 aliphatic carbocycles. The lowest BCUT2D eigenvalue weighted by atomic mass is 9.73. The van der Waals surface area contributed by atoms with E-state index in [1.165, 1.54) is 0 Å². The van der Waals surface area contributed by atoms with Gasteiger partial charge in [-0.05, 0) is 95.9 Å². The van der Waals surface area contributed by atoms with Crippen LogP contribution in [-0.4, -0.2) is 40.9 Å². The maximum absolute atomic E-state index is 13.2. The Labute approximate surface area is 521 Å². The summed E-state index contributed by atoms with van der Waals surface area (Å²) in [4.78, 5) is 0. The molecule has 0 atom stereocenters. The zero-order chi connectivity index (χ0) is 62.8. The van der Waals surface area contributed by atoms with Crippen LogP contribution in [0.4, 0.5) is 0 Å². The summed E-state index contributed by atoms with van der Waals surface area (Å²) in [7, 11) is 0. The van der Waals surface area contributed by atoms with Crippen molar-refractivity contribution in [3.8, 4) is 46.0 Å². The maximum atomic E-state index is 13.2. The fraction of sp³-hybridized carbons (Fsp3) is 0.368. The number of hydrogen-bond acceptors (Lipinski definition) is 12. The van der Waals surface area contributed by atoms with Crippen LogP contribution in [0.2, 0.25) is 0 Å². The van der Waals surface area contributed by atoms with Crippen molar-refractivity contribution in [2.24, 2.45) is 23.7 Å². The summed E-state index contributed by atoms with van der Waals surface area (Å²) in [6.07, 6.45) is 1.62. The van der Waals surface area contributed by atoms with E-state index >= 15 is 0 Å². The van der Waals surface area contributed by atoms with Crippen LogP contribution in [0, 0.1) is 23.7 Å². The molecule has 0 amide bonds.